The second kappa shape index (κ2) is 5.28. The van der Waals surface area contributed by atoms with E-state index < -0.39 is 16.6 Å². The largest absolute Gasteiger partial charge is 0.324 e. The summed E-state index contributed by atoms with van der Waals surface area (Å²) >= 11 is 17.7. The first-order chi connectivity index (χ1) is 8.90. The molecule has 0 aliphatic rings. The van der Waals surface area contributed by atoms with E-state index in [0.717, 1.165) is 12.3 Å². The van der Waals surface area contributed by atoms with Crippen LogP contribution in [0.25, 0.3) is 11.1 Å². The number of aromatic nitrogens is 1. The first-order valence-electron chi connectivity index (χ1n) is 4.85. The SMILES string of the molecule is O=[N+]([O-])c1cc(-c2c(Cl)cc(Cl)cc2Cl)cnc1F. The average molecular weight is 322 g/mol. The number of pyridine rings is 1. The number of nitrogens with zero attached hydrogens (tertiary/aromatic N) is 2. The van der Waals surface area contributed by atoms with Crippen LogP contribution in [-0.2, 0) is 0 Å². The number of halogens is 4. The van der Waals surface area contributed by atoms with Crippen molar-refractivity contribution < 1.29 is 9.31 Å². The number of benzene rings is 1. The van der Waals surface area contributed by atoms with Gasteiger partial charge in [-0.2, -0.15) is 4.39 Å². The fourth-order valence-corrected chi connectivity index (χ4v) is 2.55. The summed E-state index contributed by atoms with van der Waals surface area (Å²) in [4.78, 5) is 13.1. The standard InChI is InChI=1S/C11H4Cl3FN2O2/c12-6-2-7(13)10(8(14)3-6)5-1-9(17(18)19)11(15)16-4-5/h1-4H. The molecule has 4 nitrogen and oxygen atoms in total. The van der Waals surface area contributed by atoms with Crippen LogP contribution in [0.15, 0.2) is 24.4 Å². The molecule has 0 atom stereocenters. The van der Waals surface area contributed by atoms with Crippen molar-refractivity contribution in [1.29, 1.82) is 0 Å². The van der Waals surface area contributed by atoms with E-state index in [1.807, 2.05) is 0 Å². The zero-order chi connectivity index (χ0) is 14.2. The van der Waals surface area contributed by atoms with E-state index in [2.05, 4.69) is 4.98 Å². The fraction of sp³-hybridized carbons (Fsp3) is 0. The van der Waals surface area contributed by atoms with E-state index in [1.165, 1.54) is 12.1 Å². The zero-order valence-electron chi connectivity index (χ0n) is 9.03. The summed E-state index contributed by atoms with van der Waals surface area (Å²) in [6, 6.07) is 3.88. The minimum absolute atomic E-state index is 0.195. The van der Waals surface area contributed by atoms with Crippen molar-refractivity contribution in [2.45, 2.75) is 0 Å². The molecule has 0 unspecified atom stereocenters. The number of hydrogen-bond donors (Lipinski definition) is 0. The van der Waals surface area contributed by atoms with E-state index in [1.54, 1.807) is 0 Å². The van der Waals surface area contributed by atoms with Gasteiger partial charge in [-0.1, -0.05) is 34.8 Å². The Morgan fingerprint density at radius 2 is 1.74 bits per heavy atom. The third-order valence-electron chi connectivity index (χ3n) is 2.31. The van der Waals surface area contributed by atoms with Crippen molar-refractivity contribution in [1.82, 2.24) is 4.98 Å². The van der Waals surface area contributed by atoms with Gasteiger partial charge in [-0.05, 0) is 12.1 Å². The molecule has 1 aromatic heterocycles. The molecule has 8 heteroatoms. The van der Waals surface area contributed by atoms with Crippen LogP contribution in [0.3, 0.4) is 0 Å². The van der Waals surface area contributed by atoms with Crippen molar-refractivity contribution in [2.24, 2.45) is 0 Å². The summed E-state index contributed by atoms with van der Waals surface area (Å²) < 4.78 is 13.2. The second-order valence-corrected chi connectivity index (χ2v) is 4.79. The lowest BCUT2D eigenvalue weighted by molar-refractivity contribution is -0.388. The summed E-state index contributed by atoms with van der Waals surface area (Å²) in [6.07, 6.45) is 1.11. The number of rotatable bonds is 2. The van der Waals surface area contributed by atoms with E-state index in [4.69, 9.17) is 34.8 Å². The predicted octanol–water partition coefficient (Wildman–Crippen LogP) is 4.76. The Labute approximate surface area is 121 Å². The Bertz CT molecular complexity index is 656. The van der Waals surface area contributed by atoms with Crippen LogP contribution in [0.2, 0.25) is 15.1 Å². The lowest BCUT2D eigenvalue weighted by atomic mass is 10.1. The third-order valence-corrected chi connectivity index (χ3v) is 3.13. The van der Waals surface area contributed by atoms with Crippen LogP contribution >= 0.6 is 34.8 Å². The van der Waals surface area contributed by atoms with Gasteiger partial charge in [-0.25, -0.2) is 4.98 Å². The first kappa shape index (κ1) is 14.0. The highest BCUT2D eigenvalue weighted by Gasteiger charge is 2.19. The molecule has 0 fully saturated rings. The van der Waals surface area contributed by atoms with Crippen LogP contribution < -0.4 is 0 Å². The lowest BCUT2D eigenvalue weighted by Gasteiger charge is -2.07. The van der Waals surface area contributed by atoms with Gasteiger partial charge in [0.15, 0.2) is 0 Å². The molecule has 2 aromatic rings. The molecule has 0 saturated heterocycles. The van der Waals surface area contributed by atoms with Gasteiger partial charge in [0.05, 0.1) is 15.0 Å². The molecule has 0 spiro atoms. The van der Waals surface area contributed by atoms with Gasteiger partial charge in [-0.3, -0.25) is 10.1 Å². The molecule has 98 valence electrons. The zero-order valence-corrected chi connectivity index (χ0v) is 11.3. The average Bonchev–Trinajstić information content (AvgIpc) is 2.29. The van der Waals surface area contributed by atoms with Gasteiger partial charge in [-0.15, -0.1) is 0 Å². The Morgan fingerprint density at radius 1 is 1.16 bits per heavy atom. The minimum atomic E-state index is -1.17. The van der Waals surface area contributed by atoms with Crippen molar-refractivity contribution in [3.8, 4) is 11.1 Å². The molecular formula is C11H4Cl3FN2O2. The van der Waals surface area contributed by atoms with Crippen LogP contribution in [0.1, 0.15) is 0 Å². The summed E-state index contributed by atoms with van der Waals surface area (Å²) in [5, 5.41) is 11.4. The van der Waals surface area contributed by atoms with Crippen molar-refractivity contribution in [3.63, 3.8) is 0 Å². The molecule has 0 bridgehead atoms. The van der Waals surface area contributed by atoms with Crippen molar-refractivity contribution >= 4 is 40.5 Å². The Balaban J connectivity index is 2.66. The van der Waals surface area contributed by atoms with Crippen LogP contribution in [-0.4, -0.2) is 9.91 Å². The number of nitro groups is 1. The lowest BCUT2D eigenvalue weighted by Crippen LogP contribution is -1.96. The van der Waals surface area contributed by atoms with Gasteiger partial charge < -0.3 is 0 Å². The Morgan fingerprint density at radius 3 is 2.26 bits per heavy atom. The molecule has 1 heterocycles. The maximum absolute atomic E-state index is 13.2. The molecular weight excluding hydrogens is 317 g/mol. The van der Waals surface area contributed by atoms with Crippen molar-refractivity contribution in [3.05, 3.63) is 55.5 Å². The molecule has 2 rings (SSSR count). The molecule has 0 aliphatic heterocycles. The molecule has 0 amide bonds. The van der Waals surface area contributed by atoms with Crippen LogP contribution in [0.5, 0.6) is 0 Å². The first-order valence-corrected chi connectivity index (χ1v) is 5.98. The van der Waals surface area contributed by atoms with Gasteiger partial charge in [0.1, 0.15) is 0 Å². The summed E-state index contributed by atoms with van der Waals surface area (Å²) in [5.74, 6) is -1.17. The van der Waals surface area contributed by atoms with Crippen LogP contribution in [0, 0.1) is 16.1 Å². The Kier molecular flexibility index (Phi) is 3.89. The highest BCUT2D eigenvalue weighted by atomic mass is 35.5. The van der Waals surface area contributed by atoms with Gasteiger partial charge >= 0.3 is 5.69 Å². The second-order valence-electron chi connectivity index (χ2n) is 3.54. The van der Waals surface area contributed by atoms with Crippen LogP contribution in [0.4, 0.5) is 10.1 Å². The summed E-state index contributed by atoms with van der Waals surface area (Å²) in [5.41, 5.74) is -0.206. The highest BCUT2D eigenvalue weighted by molar-refractivity contribution is 6.41. The van der Waals surface area contributed by atoms with Gasteiger partial charge in [0.25, 0.3) is 5.95 Å². The Hall–Kier alpha value is -1.43. The maximum atomic E-state index is 13.2. The van der Waals surface area contributed by atoms with E-state index in [-0.39, 0.29) is 15.6 Å². The minimum Gasteiger partial charge on any atom is -0.258 e. The smallest absolute Gasteiger partial charge is 0.258 e. The fourth-order valence-electron chi connectivity index (χ4n) is 1.52. The topological polar surface area (TPSA) is 56.0 Å². The predicted molar refractivity (Wildman–Crippen MR) is 71.3 cm³/mol. The monoisotopic (exact) mass is 320 g/mol. The highest BCUT2D eigenvalue weighted by Crippen LogP contribution is 2.38. The summed E-state index contributed by atoms with van der Waals surface area (Å²) in [6.45, 7) is 0. The normalized spacial score (nSPS) is 10.5. The molecule has 0 saturated carbocycles. The quantitative estimate of drug-likeness (QED) is 0.455. The van der Waals surface area contributed by atoms with Gasteiger partial charge in [0.2, 0.25) is 0 Å². The third kappa shape index (κ3) is 2.78. The van der Waals surface area contributed by atoms with E-state index in [0.29, 0.717) is 10.6 Å². The summed E-state index contributed by atoms with van der Waals surface area (Å²) in [7, 11) is 0. The van der Waals surface area contributed by atoms with E-state index in [9.17, 15) is 14.5 Å². The maximum Gasteiger partial charge on any atom is 0.324 e. The number of hydrogen-bond acceptors (Lipinski definition) is 3. The molecule has 0 N–H and O–H groups in total. The van der Waals surface area contributed by atoms with Crippen molar-refractivity contribution in [2.75, 3.05) is 0 Å². The molecule has 1 aromatic carbocycles. The van der Waals surface area contributed by atoms with E-state index >= 15 is 0 Å². The molecule has 0 radical (unpaired) electrons. The van der Waals surface area contributed by atoms with Gasteiger partial charge in [0, 0.05) is 28.4 Å². The molecule has 0 aliphatic carbocycles. The molecule has 19 heavy (non-hydrogen) atoms.